The summed E-state index contributed by atoms with van der Waals surface area (Å²) in [6.45, 7) is 4.45. The Morgan fingerprint density at radius 2 is 0.528 bits per heavy atom. The van der Waals surface area contributed by atoms with Gasteiger partial charge < -0.3 is 33.8 Å². The Labute approximate surface area is 642 Å². The van der Waals surface area contributed by atoms with E-state index in [1.165, 1.54) is 64.2 Å². The van der Waals surface area contributed by atoms with Crippen LogP contribution in [0.25, 0.3) is 0 Å². The fourth-order valence-electron chi connectivity index (χ4n) is 10.4. The highest BCUT2D eigenvalue weighted by atomic mass is 31.2. The van der Waals surface area contributed by atoms with Crippen molar-refractivity contribution in [2.75, 3.05) is 39.6 Å². The highest BCUT2D eigenvalue weighted by molar-refractivity contribution is 7.47. The minimum absolute atomic E-state index is 0.0284. The average Bonchev–Trinajstić information content (AvgIpc) is 0.901. The van der Waals surface area contributed by atoms with Gasteiger partial charge in [0.1, 0.15) is 19.3 Å². The predicted octanol–water partition coefficient (Wildman–Crippen LogP) is 24.0. The molecule has 0 fully saturated rings. The highest BCUT2D eigenvalue weighted by Gasteiger charge is 2.30. The largest absolute Gasteiger partial charge is 0.472 e. The molecule has 5 unspecified atom stereocenters. The second-order valence-electron chi connectivity index (χ2n) is 26.6. The maximum absolute atomic E-state index is 13.1. The van der Waals surface area contributed by atoms with E-state index in [1.54, 1.807) is 0 Å². The molecule has 604 valence electrons. The van der Waals surface area contributed by atoms with Gasteiger partial charge in [-0.15, -0.1) is 0 Å². The smallest absolute Gasteiger partial charge is 0.462 e. The van der Waals surface area contributed by atoms with Gasteiger partial charge in [0, 0.05) is 25.7 Å². The molecule has 0 aromatic heterocycles. The van der Waals surface area contributed by atoms with Crippen LogP contribution in [-0.4, -0.2) is 96.7 Å². The molecular formula is C87H144O17P2. The second-order valence-corrected chi connectivity index (χ2v) is 29.5. The lowest BCUT2D eigenvalue weighted by Gasteiger charge is -2.21. The van der Waals surface area contributed by atoms with Crippen molar-refractivity contribution in [2.24, 2.45) is 0 Å². The van der Waals surface area contributed by atoms with Crippen molar-refractivity contribution in [1.29, 1.82) is 0 Å². The Morgan fingerprint density at radius 1 is 0.274 bits per heavy atom. The van der Waals surface area contributed by atoms with Crippen LogP contribution >= 0.6 is 15.6 Å². The van der Waals surface area contributed by atoms with Crippen LogP contribution in [0, 0.1) is 0 Å². The number of rotatable bonds is 75. The summed E-state index contributed by atoms with van der Waals surface area (Å²) in [5, 5.41) is 10.6. The summed E-state index contributed by atoms with van der Waals surface area (Å²) >= 11 is 0. The van der Waals surface area contributed by atoms with Crippen molar-refractivity contribution in [3.63, 3.8) is 0 Å². The Morgan fingerprint density at radius 3 is 0.858 bits per heavy atom. The summed E-state index contributed by atoms with van der Waals surface area (Å²) in [6, 6.07) is 0. The van der Waals surface area contributed by atoms with E-state index in [4.69, 9.17) is 37.0 Å². The summed E-state index contributed by atoms with van der Waals surface area (Å²) in [6.07, 6.45) is 90.9. The molecule has 3 N–H and O–H groups in total. The van der Waals surface area contributed by atoms with Crippen LogP contribution in [-0.2, 0) is 65.4 Å². The van der Waals surface area contributed by atoms with Gasteiger partial charge in [-0.05, 0) is 135 Å². The average molecular weight is 1520 g/mol. The van der Waals surface area contributed by atoms with E-state index >= 15 is 0 Å². The summed E-state index contributed by atoms with van der Waals surface area (Å²) in [5.74, 6) is -2.33. The summed E-state index contributed by atoms with van der Waals surface area (Å²) in [7, 11) is -10.00. The van der Waals surface area contributed by atoms with E-state index in [0.29, 0.717) is 32.1 Å². The minimum Gasteiger partial charge on any atom is -0.462 e. The maximum Gasteiger partial charge on any atom is 0.472 e. The number of esters is 4. The molecule has 17 nitrogen and oxygen atoms in total. The lowest BCUT2D eigenvalue weighted by atomic mass is 10.0. The zero-order valence-electron chi connectivity index (χ0n) is 66.1. The number of carbonyl (C=O) groups is 4. The van der Waals surface area contributed by atoms with E-state index < -0.39 is 97.5 Å². The fourth-order valence-corrected chi connectivity index (χ4v) is 11.9. The second kappa shape index (κ2) is 77.8. The van der Waals surface area contributed by atoms with Crippen LogP contribution in [0.3, 0.4) is 0 Å². The summed E-state index contributed by atoms with van der Waals surface area (Å²) < 4.78 is 68.5. The first-order chi connectivity index (χ1) is 51.7. The summed E-state index contributed by atoms with van der Waals surface area (Å²) in [5.41, 5.74) is 0. The van der Waals surface area contributed by atoms with Crippen LogP contribution in [0.2, 0.25) is 0 Å². The van der Waals surface area contributed by atoms with Crippen molar-refractivity contribution in [3.8, 4) is 0 Å². The van der Waals surface area contributed by atoms with Crippen LogP contribution in [0.5, 0.6) is 0 Å². The molecule has 0 bridgehead atoms. The first kappa shape index (κ1) is 101. The molecular weight excluding hydrogens is 1380 g/mol. The van der Waals surface area contributed by atoms with Gasteiger partial charge in [-0.3, -0.25) is 37.3 Å². The third kappa shape index (κ3) is 76.9. The van der Waals surface area contributed by atoms with Crippen molar-refractivity contribution >= 4 is 39.5 Å². The first-order valence-electron chi connectivity index (χ1n) is 40.7. The third-order valence-electron chi connectivity index (χ3n) is 16.5. The highest BCUT2D eigenvalue weighted by Crippen LogP contribution is 2.45. The van der Waals surface area contributed by atoms with Gasteiger partial charge in [-0.1, -0.05) is 308 Å². The number of aliphatic hydroxyl groups excluding tert-OH is 1. The molecule has 0 aromatic rings. The number of unbranched alkanes of at least 4 members (excludes halogenated alkanes) is 23. The van der Waals surface area contributed by atoms with Crippen LogP contribution in [0.4, 0.5) is 0 Å². The quantitative estimate of drug-likeness (QED) is 0.0169. The number of ether oxygens (including phenoxy) is 4. The lowest BCUT2D eigenvalue weighted by molar-refractivity contribution is -0.161. The van der Waals surface area contributed by atoms with E-state index in [9.17, 15) is 43.2 Å². The molecule has 0 amide bonds. The molecule has 0 aromatic carbocycles. The van der Waals surface area contributed by atoms with Crippen LogP contribution in [0.1, 0.15) is 310 Å². The SMILES string of the molecule is CC/C=C\C/C=C\C/C=C\C/C=C\C/C=C\C/C=C\CCC(=O)OCC(COP(=O)(O)OCC(O)COP(=O)(O)OCC(COC(=O)CCCCC/C=C\C/C=C\C/C=C\C/C=C\C/C=C\CC)OC(=O)CCCCCCCCCCCCCCCCC)OC(=O)CCCCCCC/C=C\C/C=C\CCC. The molecule has 0 saturated heterocycles. The first-order valence-corrected chi connectivity index (χ1v) is 43.7. The molecule has 106 heavy (non-hydrogen) atoms. The summed E-state index contributed by atoms with van der Waals surface area (Å²) in [4.78, 5) is 73.0. The van der Waals surface area contributed by atoms with Gasteiger partial charge in [0.25, 0.3) is 0 Å². The Bertz CT molecular complexity index is 2630. The van der Waals surface area contributed by atoms with Gasteiger partial charge in [-0.25, -0.2) is 9.13 Å². The molecule has 0 spiro atoms. The standard InChI is InChI=1S/C87H144O17P2/c1-5-9-13-17-21-25-29-33-36-38-40-42-45-48-51-55-59-63-67-71-84(89)97-77-82(103-86(91)73-69-65-61-57-53-47-32-28-24-20-16-12-8-4)79-101-105(93,94)99-75-81(88)76-100-106(95,96)102-80-83(104-87(92)74-70-66-62-58-54-50-44-35-31-27-23-19-15-11-7-3)78-98-85(90)72-68-64-60-56-52-49-46-43-41-39-37-34-30-26-22-18-14-10-6-2/h9-10,13-14,16,20-22,25-26,28,32-34,36-37,40-43,48-49,51-52,59,63,81-83,88H,5-8,11-12,15,17-19,23-24,27,29-31,35,38-39,44-47,50,53-58,60-62,64-80H2,1-4H3,(H,93,94)(H,95,96)/b13-9-,14-10-,20-16-,25-21-,26-22-,32-28-,36-33-,37-34-,42-40-,43-41-,51-48-,52-49-,63-59-. The molecule has 0 heterocycles. The normalized spacial score (nSPS) is 14.7. The monoisotopic (exact) mass is 1520 g/mol. The minimum atomic E-state index is -5.00. The number of carbonyl (C=O) groups excluding carboxylic acids is 4. The molecule has 0 aliphatic heterocycles. The lowest BCUT2D eigenvalue weighted by Crippen LogP contribution is -2.30. The number of allylic oxidation sites excluding steroid dienone is 26. The van der Waals surface area contributed by atoms with Gasteiger partial charge in [-0.2, -0.15) is 0 Å². The van der Waals surface area contributed by atoms with Gasteiger partial charge in [0.05, 0.1) is 26.4 Å². The number of phosphoric ester groups is 2. The van der Waals surface area contributed by atoms with Crippen molar-refractivity contribution in [3.05, 3.63) is 158 Å². The number of hydrogen-bond donors (Lipinski definition) is 3. The maximum atomic E-state index is 13.1. The number of phosphoric acid groups is 2. The fraction of sp³-hybridized carbons (Fsp3) is 0.655. The van der Waals surface area contributed by atoms with Gasteiger partial charge in [0.15, 0.2) is 12.2 Å². The third-order valence-corrected chi connectivity index (χ3v) is 18.4. The zero-order valence-corrected chi connectivity index (χ0v) is 67.8. The van der Waals surface area contributed by atoms with E-state index in [0.717, 1.165) is 161 Å². The number of aliphatic hydroxyl groups is 1. The van der Waals surface area contributed by atoms with Crippen molar-refractivity contribution < 1.29 is 80.2 Å². The Kier molecular flexibility index (Phi) is 73.9. The van der Waals surface area contributed by atoms with E-state index in [-0.39, 0.29) is 25.7 Å². The van der Waals surface area contributed by atoms with Gasteiger partial charge in [0.2, 0.25) is 0 Å². The zero-order chi connectivity index (χ0) is 77.4. The van der Waals surface area contributed by atoms with Crippen LogP contribution in [0.15, 0.2) is 158 Å². The van der Waals surface area contributed by atoms with E-state index in [2.05, 4.69) is 167 Å². The molecule has 0 radical (unpaired) electrons. The van der Waals surface area contributed by atoms with Crippen molar-refractivity contribution in [2.45, 2.75) is 329 Å². The molecule has 19 heteroatoms. The number of hydrogen-bond acceptors (Lipinski definition) is 15. The Hall–Kier alpha value is -5.32. The van der Waals surface area contributed by atoms with Crippen LogP contribution < -0.4 is 0 Å². The van der Waals surface area contributed by atoms with E-state index in [1.807, 2.05) is 18.2 Å². The predicted molar refractivity (Wildman–Crippen MR) is 436 cm³/mol. The molecule has 0 saturated carbocycles. The molecule has 0 aliphatic rings. The topological polar surface area (TPSA) is 237 Å². The Balaban J connectivity index is 5.45. The van der Waals surface area contributed by atoms with Gasteiger partial charge >= 0.3 is 39.5 Å². The molecule has 0 rings (SSSR count). The van der Waals surface area contributed by atoms with Crippen molar-refractivity contribution in [1.82, 2.24) is 0 Å². The molecule has 5 atom stereocenters. The molecule has 0 aliphatic carbocycles.